The summed E-state index contributed by atoms with van der Waals surface area (Å²) in [6, 6.07) is 2.15. The van der Waals surface area contributed by atoms with Crippen molar-refractivity contribution in [2.75, 3.05) is 14.1 Å². The van der Waals surface area contributed by atoms with Gasteiger partial charge in [-0.15, -0.1) is 0 Å². The molecule has 1 aromatic rings. The number of aromatic hydroxyl groups is 1. The molecule has 3 heteroatoms. The molecule has 17 heavy (non-hydrogen) atoms. The molecule has 0 spiro atoms. The molecule has 2 N–H and O–H groups in total. The largest absolute Gasteiger partial charge is 0.507 e. The van der Waals surface area contributed by atoms with Crippen molar-refractivity contribution in [1.82, 2.24) is 5.32 Å². The second kappa shape index (κ2) is 6.59. The van der Waals surface area contributed by atoms with Crippen LogP contribution < -0.4 is 5.32 Å². The van der Waals surface area contributed by atoms with Crippen LogP contribution in [0.4, 0.5) is 0 Å². The highest BCUT2D eigenvalue weighted by molar-refractivity contribution is 14.1. The zero-order chi connectivity index (χ0) is 13.0. The molecule has 1 unspecified atom stereocenters. The summed E-state index contributed by atoms with van der Waals surface area (Å²) in [7, 11) is 3.75. The van der Waals surface area contributed by atoms with Gasteiger partial charge in [-0.05, 0) is 91.5 Å². The van der Waals surface area contributed by atoms with Crippen molar-refractivity contribution in [3.63, 3.8) is 0 Å². The Balaban J connectivity index is 0.000000437. The fourth-order valence-corrected chi connectivity index (χ4v) is 3.26. The standard InChI is InChI=1S/C12H15IO.C2H7N/c1-7-4-3-5-9-6-10(13)12(14)8(2)11(7)9;1-3-2/h6-7,14H,3-5H2,1-2H3;3H,1-2H3. The molecule has 1 aliphatic carbocycles. The number of phenolic OH excluding ortho intramolecular Hbond substituents is 1. The molecule has 2 rings (SSSR count). The molecule has 1 aliphatic rings. The monoisotopic (exact) mass is 347 g/mol. The van der Waals surface area contributed by atoms with Crippen LogP contribution in [-0.2, 0) is 6.42 Å². The first-order valence-electron chi connectivity index (χ1n) is 6.12. The van der Waals surface area contributed by atoms with Gasteiger partial charge >= 0.3 is 0 Å². The van der Waals surface area contributed by atoms with Gasteiger partial charge in [0, 0.05) is 0 Å². The number of hydrogen-bond acceptors (Lipinski definition) is 2. The normalized spacial score (nSPS) is 18.1. The molecule has 0 fully saturated rings. The fourth-order valence-electron chi connectivity index (χ4n) is 2.48. The summed E-state index contributed by atoms with van der Waals surface area (Å²) in [5.41, 5.74) is 3.94. The predicted molar refractivity (Wildman–Crippen MR) is 81.9 cm³/mol. The average molecular weight is 347 g/mol. The summed E-state index contributed by atoms with van der Waals surface area (Å²) >= 11 is 2.21. The van der Waals surface area contributed by atoms with Gasteiger partial charge in [0.1, 0.15) is 5.75 Å². The molecule has 0 radical (unpaired) electrons. The van der Waals surface area contributed by atoms with Crippen LogP contribution in [0.25, 0.3) is 0 Å². The average Bonchev–Trinajstić information content (AvgIpc) is 2.27. The van der Waals surface area contributed by atoms with E-state index < -0.39 is 0 Å². The number of fused-ring (bicyclic) bond motifs is 1. The van der Waals surface area contributed by atoms with Crippen molar-refractivity contribution in [1.29, 1.82) is 0 Å². The van der Waals surface area contributed by atoms with Crippen LogP contribution in [-0.4, -0.2) is 19.2 Å². The Morgan fingerprint density at radius 1 is 1.41 bits per heavy atom. The van der Waals surface area contributed by atoms with Gasteiger partial charge in [0.15, 0.2) is 0 Å². The minimum absolute atomic E-state index is 0.484. The van der Waals surface area contributed by atoms with Crippen molar-refractivity contribution in [3.8, 4) is 5.75 Å². The third-order valence-corrected chi connectivity index (χ3v) is 4.03. The van der Waals surface area contributed by atoms with Crippen LogP contribution >= 0.6 is 22.6 Å². The summed E-state index contributed by atoms with van der Waals surface area (Å²) in [6.07, 6.45) is 3.72. The molecule has 1 atom stereocenters. The number of halogens is 1. The minimum atomic E-state index is 0.484. The lowest BCUT2D eigenvalue weighted by Crippen LogP contribution is -2.09. The number of aryl methyl sites for hydroxylation is 1. The van der Waals surface area contributed by atoms with Crippen LogP contribution in [0, 0.1) is 10.5 Å². The van der Waals surface area contributed by atoms with E-state index >= 15 is 0 Å². The third-order valence-electron chi connectivity index (χ3n) is 3.21. The molecule has 0 bridgehead atoms. The Bertz CT molecular complexity index is 390. The Morgan fingerprint density at radius 2 is 2.00 bits per heavy atom. The first kappa shape index (κ1) is 14.8. The van der Waals surface area contributed by atoms with Gasteiger partial charge in [-0.25, -0.2) is 0 Å². The lowest BCUT2D eigenvalue weighted by molar-refractivity contribution is 0.462. The van der Waals surface area contributed by atoms with Gasteiger partial charge in [-0.1, -0.05) is 6.92 Å². The highest BCUT2D eigenvalue weighted by Crippen LogP contribution is 2.39. The van der Waals surface area contributed by atoms with Crippen LogP contribution in [0.2, 0.25) is 0 Å². The van der Waals surface area contributed by atoms with Crippen molar-refractivity contribution in [2.24, 2.45) is 0 Å². The first-order chi connectivity index (χ1) is 8.02. The maximum absolute atomic E-state index is 9.87. The molecular weight excluding hydrogens is 325 g/mol. The minimum Gasteiger partial charge on any atom is -0.507 e. The third kappa shape index (κ3) is 3.35. The van der Waals surface area contributed by atoms with E-state index in [0.717, 1.165) is 9.13 Å². The lowest BCUT2D eigenvalue weighted by Gasteiger charge is -2.25. The van der Waals surface area contributed by atoms with E-state index in [2.05, 4.69) is 40.9 Å². The smallest absolute Gasteiger partial charge is 0.132 e. The van der Waals surface area contributed by atoms with Crippen LogP contribution in [0.3, 0.4) is 0 Å². The van der Waals surface area contributed by atoms with Crippen molar-refractivity contribution >= 4 is 22.6 Å². The summed E-state index contributed by atoms with van der Waals surface area (Å²) in [5, 5.41) is 12.6. The molecular formula is C14H22INO. The maximum atomic E-state index is 9.87. The van der Waals surface area contributed by atoms with E-state index in [0.29, 0.717) is 11.7 Å². The Labute approximate surface area is 118 Å². The number of phenols is 1. The van der Waals surface area contributed by atoms with E-state index in [9.17, 15) is 5.11 Å². The Hall–Kier alpha value is -0.290. The number of rotatable bonds is 0. The molecule has 1 aromatic carbocycles. The topological polar surface area (TPSA) is 32.3 Å². The van der Waals surface area contributed by atoms with E-state index in [-0.39, 0.29) is 0 Å². The zero-order valence-electron chi connectivity index (χ0n) is 11.1. The first-order valence-corrected chi connectivity index (χ1v) is 7.20. The van der Waals surface area contributed by atoms with E-state index in [1.54, 1.807) is 0 Å². The quantitative estimate of drug-likeness (QED) is 0.703. The van der Waals surface area contributed by atoms with Gasteiger partial charge < -0.3 is 10.4 Å². The van der Waals surface area contributed by atoms with Crippen molar-refractivity contribution in [2.45, 2.75) is 39.0 Å². The maximum Gasteiger partial charge on any atom is 0.132 e. The van der Waals surface area contributed by atoms with Crippen molar-refractivity contribution < 1.29 is 5.11 Å². The molecule has 0 amide bonds. The number of nitrogens with one attached hydrogen (secondary N) is 1. The number of hydrogen-bond donors (Lipinski definition) is 2. The van der Waals surface area contributed by atoms with Crippen molar-refractivity contribution in [3.05, 3.63) is 26.3 Å². The van der Waals surface area contributed by atoms with Gasteiger partial charge in [0.2, 0.25) is 0 Å². The molecule has 0 saturated carbocycles. The predicted octanol–water partition coefficient (Wildman–Crippen LogP) is 3.58. The second-order valence-corrected chi connectivity index (χ2v) is 5.86. The van der Waals surface area contributed by atoms with E-state index in [1.165, 1.54) is 30.4 Å². The van der Waals surface area contributed by atoms with Crippen LogP contribution in [0.15, 0.2) is 6.07 Å². The molecule has 2 nitrogen and oxygen atoms in total. The molecule has 0 aromatic heterocycles. The van der Waals surface area contributed by atoms with Gasteiger partial charge in [-0.2, -0.15) is 0 Å². The highest BCUT2D eigenvalue weighted by atomic mass is 127. The SMILES string of the molecule is CNC.Cc1c(O)c(I)cc2c1C(C)CCC2. The number of benzene rings is 1. The van der Waals surface area contributed by atoms with Crippen LogP contribution in [0.1, 0.15) is 42.4 Å². The Morgan fingerprint density at radius 3 is 2.59 bits per heavy atom. The molecule has 0 heterocycles. The van der Waals surface area contributed by atoms with E-state index in [4.69, 9.17) is 0 Å². The van der Waals surface area contributed by atoms with Gasteiger partial charge in [0.05, 0.1) is 3.57 Å². The van der Waals surface area contributed by atoms with E-state index in [1.807, 2.05) is 21.0 Å². The summed E-state index contributed by atoms with van der Waals surface area (Å²) in [6.45, 7) is 4.30. The van der Waals surface area contributed by atoms with Crippen LogP contribution in [0.5, 0.6) is 5.75 Å². The summed E-state index contributed by atoms with van der Waals surface area (Å²) in [5.74, 6) is 1.10. The summed E-state index contributed by atoms with van der Waals surface area (Å²) in [4.78, 5) is 0. The summed E-state index contributed by atoms with van der Waals surface area (Å²) < 4.78 is 0.993. The molecule has 0 saturated heterocycles. The van der Waals surface area contributed by atoms with Gasteiger partial charge in [-0.3, -0.25) is 0 Å². The van der Waals surface area contributed by atoms with Gasteiger partial charge in [0.25, 0.3) is 0 Å². The lowest BCUT2D eigenvalue weighted by atomic mass is 9.81. The zero-order valence-corrected chi connectivity index (χ0v) is 13.3. The molecule has 0 aliphatic heterocycles. The molecule has 96 valence electrons. The Kier molecular flexibility index (Phi) is 5.73. The fraction of sp³-hybridized carbons (Fsp3) is 0.571. The second-order valence-electron chi connectivity index (χ2n) is 4.70. The highest BCUT2D eigenvalue weighted by Gasteiger charge is 2.21.